The van der Waals surface area contributed by atoms with Gasteiger partial charge in [-0.1, -0.05) is 18.2 Å². The number of hydrogen-bond acceptors (Lipinski definition) is 9. The first kappa shape index (κ1) is 23.8. The van der Waals surface area contributed by atoms with Gasteiger partial charge >= 0.3 is 0 Å². The molecule has 0 fully saturated rings. The van der Waals surface area contributed by atoms with Crippen molar-refractivity contribution < 1.29 is 17.9 Å². The number of anilines is 3. The van der Waals surface area contributed by atoms with Crippen molar-refractivity contribution in [3.05, 3.63) is 89.6 Å². The van der Waals surface area contributed by atoms with Crippen molar-refractivity contribution in [2.45, 2.75) is 22.8 Å². The van der Waals surface area contributed by atoms with Gasteiger partial charge in [-0.2, -0.15) is 4.98 Å². The van der Waals surface area contributed by atoms with E-state index in [1.165, 1.54) is 12.1 Å². The molecule has 0 aliphatic carbocycles. The first-order valence-electron chi connectivity index (χ1n) is 10.6. The van der Waals surface area contributed by atoms with E-state index in [4.69, 9.17) is 26.7 Å². The molecule has 0 saturated carbocycles. The Hall–Kier alpha value is -4.31. The molecule has 3 aromatic carbocycles. The summed E-state index contributed by atoms with van der Waals surface area (Å²) in [5.74, 6) is 1.55. The van der Waals surface area contributed by atoms with Crippen molar-refractivity contribution in [2.75, 3.05) is 24.3 Å². The van der Waals surface area contributed by atoms with Gasteiger partial charge in [0.25, 0.3) is 0 Å². The molecule has 9 nitrogen and oxygen atoms in total. The average Bonchev–Trinajstić information content (AvgIpc) is 2.85. The summed E-state index contributed by atoms with van der Waals surface area (Å²) in [5.41, 5.74) is 20.1. The second-order valence-electron chi connectivity index (χ2n) is 7.81. The number of nitrogen functional groups attached to an aromatic ring is 3. The molecule has 0 spiro atoms. The fourth-order valence-electron chi connectivity index (χ4n) is 3.44. The number of ether oxygens (including phenoxy) is 2. The molecule has 0 aliphatic rings. The molecule has 0 unspecified atom stereocenters. The van der Waals surface area contributed by atoms with E-state index in [0.717, 1.165) is 16.7 Å². The Morgan fingerprint density at radius 3 is 2.09 bits per heavy atom. The van der Waals surface area contributed by atoms with E-state index >= 15 is 0 Å². The molecule has 6 N–H and O–H groups in total. The quantitative estimate of drug-likeness (QED) is 0.315. The SMILES string of the molecule is COc1ccc(Cc2cnc(N)nc2N)cc1OCc1ccc(S(=O)(=O)c2ccc(N)cc2)cc1. The highest BCUT2D eigenvalue weighted by atomic mass is 32.2. The third-order valence-electron chi connectivity index (χ3n) is 5.36. The van der Waals surface area contributed by atoms with Crippen LogP contribution in [0, 0.1) is 0 Å². The van der Waals surface area contributed by atoms with Gasteiger partial charge in [-0.05, 0) is 59.7 Å². The predicted molar refractivity (Wildman–Crippen MR) is 134 cm³/mol. The molecule has 1 heterocycles. The molecular formula is C25H25N5O4S. The van der Waals surface area contributed by atoms with Crippen LogP contribution in [0.4, 0.5) is 17.5 Å². The van der Waals surface area contributed by atoms with Gasteiger partial charge in [0.15, 0.2) is 11.5 Å². The van der Waals surface area contributed by atoms with Gasteiger partial charge in [0.2, 0.25) is 15.8 Å². The molecule has 4 aromatic rings. The summed E-state index contributed by atoms with van der Waals surface area (Å²) in [5, 5.41) is 0. The third-order valence-corrected chi connectivity index (χ3v) is 7.14. The van der Waals surface area contributed by atoms with Gasteiger partial charge in [-0.15, -0.1) is 0 Å². The molecule has 35 heavy (non-hydrogen) atoms. The lowest BCUT2D eigenvalue weighted by Crippen LogP contribution is -2.05. The number of nitrogens with two attached hydrogens (primary N) is 3. The van der Waals surface area contributed by atoms with Gasteiger partial charge in [0.1, 0.15) is 12.4 Å². The van der Waals surface area contributed by atoms with Crippen LogP contribution in [0.3, 0.4) is 0 Å². The predicted octanol–water partition coefficient (Wildman–Crippen LogP) is 3.23. The number of methoxy groups -OCH3 is 1. The lowest BCUT2D eigenvalue weighted by atomic mass is 10.1. The van der Waals surface area contributed by atoms with Crippen LogP contribution in [0.5, 0.6) is 11.5 Å². The van der Waals surface area contributed by atoms with Crippen molar-refractivity contribution in [3.8, 4) is 11.5 Å². The number of hydrogen-bond donors (Lipinski definition) is 3. The van der Waals surface area contributed by atoms with E-state index in [1.54, 1.807) is 55.8 Å². The molecule has 0 radical (unpaired) electrons. The van der Waals surface area contributed by atoms with Crippen LogP contribution in [0.1, 0.15) is 16.7 Å². The van der Waals surface area contributed by atoms with Crippen LogP contribution in [0.2, 0.25) is 0 Å². The van der Waals surface area contributed by atoms with Crippen molar-refractivity contribution >= 4 is 27.3 Å². The highest BCUT2D eigenvalue weighted by Gasteiger charge is 2.17. The topological polar surface area (TPSA) is 156 Å². The lowest BCUT2D eigenvalue weighted by Gasteiger charge is -2.13. The Bertz CT molecular complexity index is 1440. The van der Waals surface area contributed by atoms with E-state index in [-0.39, 0.29) is 22.3 Å². The van der Waals surface area contributed by atoms with E-state index in [0.29, 0.717) is 29.4 Å². The number of sulfone groups is 1. The van der Waals surface area contributed by atoms with E-state index in [1.807, 2.05) is 12.1 Å². The first-order chi connectivity index (χ1) is 16.8. The van der Waals surface area contributed by atoms with Crippen LogP contribution < -0.4 is 26.7 Å². The monoisotopic (exact) mass is 491 g/mol. The summed E-state index contributed by atoms with van der Waals surface area (Å²) in [6.45, 7) is 0.217. The number of aromatic nitrogens is 2. The number of rotatable bonds is 8. The second-order valence-corrected chi connectivity index (χ2v) is 9.76. The molecule has 0 atom stereocenters. The summed E-state index contributed by atoms with van der Waals surface area (Å²) < 4.78 is 37.1. The van der Waals surface area contributed by atoms with Crippen LogP contribution in [0.15, 0.2) is 82.7 Å². The lowest BCUT2D eigenvalue weighted by molar-refractivity contribution is 0.284. The second kappa shape index (κ2) is 9.90. The smallest absolute Gasteiger partial charge is 0.221 e. The van der Waals surface area contributed by atoms with Crippen molar-refractivity contribution in [1.82, 2.24) is 9.97 Å². The number of benzene rings is 3. The first-order valence-corrected chi connectivity index (χ1v) is 12.1. The molecule has 0 amide bonds. The zero-order valence-electron chi connectivity index (χ0n) is 19.0. The van der Waals surface area contributed by atoms with Crippen LogP contribution in [0.25, 0.3) is 0 Å². The molecule has 10 heteroatoms. The van der Waals surface area contributed by atoms with Crippen molar-refractivity contribution in [1.29, 1.82) is 0 Å². The molecule has 1 aromatic heterocycles. The molecule has 0 bridgehead atoms. The maximum atomic E-state index is 12.8. The Kier molecular flexibility index (Phi) is 6.74. The van der Waals surface area contributed by atoms with Gasteiger partial charge in [0.05, 0.1) is 16.9 Å². The minimum atomic E-state index is -3.64. The molecule has 4 rings (SSSR count). The highest BCUT2D eigenvalue weighted by molar-refractivity contribution is 7.91. The van der Waals surface area contributed by atoms with Crippen molar-refractivity contribution in [2.24, 2.45) is 0 Å². The minimum absolute atomic E-state index is 0.122. The Morgan fingerprint density at radius 2 is 1.46 bits per heavy atom. The molecule has 180 valence electrons. The summed E-state index contributed by atoms with van der Waals surface area (Å²) in [7, 11) is -2.08. The molecule has 0 aliphatic heterocycles. The van der Waals surface area contributed by atoms with Gasteiger partial charge < -0.3 is 26.7 Å². The molecular weight excluding hydrogens is 466 g/mol. The van der Waals surface area contributed by atoms with E-state index < -0.39 is 9.84 Å². The summed E-state index contributed by atoms with van der Waals surface area (Å²) in [6.07, 6.45) is 2.09. The Morgan fingerprint density at radius 1 is 0.829 bits per heavy atom. The van der Waals surface area contributed by atoms with Crippen molar-refractivity contribution in [3.63, 3.8) is 0 Å². The van der Waals surface area contributed by atoms with Gasteiger partial charge in [-0.3, -0.25) is 0 Å². The highest BCUT2D eigenvalue weighted by Crippen LogP contribution is 2.30. The minimum Gasteiger partial charge on any atom is -0.493 e. The van der Waals surface area contributed by atoms with E-state index in [2.05, 4.69) is 9.97 Å². The summed E-state index contributed by atoms with van der Waals surface area (Å²) in [6, 6.07) is 18.2. The van der Waals surface area contributed by atoms with Gasteiger partial charge in [0, 0.05) is 23.9 Å². The largest absolute Gasteiger partial charge is 0.493 e. The maximum absolute atomic E-state index is 12.8. The van der Waals surface area contributed by atoms with Crippen LogP contribution in [-0.4, -0.2) is 25.5 Å². The summed E-state index contributed by atoms with van der Waals surface area (Å²) >= 11 is 0. The zero-order valence-corrected chi connectivity index (χ0v) is 19.8. The van der Waals surface area contributed by atoms with Crippen LogP contribution >= 0.6 is 0 Å². The Balaban J connectivity index is 1.48. The zero-order chi connectivity index (χ0) is 25.0. The molecule has 0 saturated heterocycles. The number of nitrogens with zero attached hydrogens (tertiary/aromatic N) is 2. The third kappa shape index (κ3) is 5.44. The van der Waals surface area contributed by atoms with E-state index in [9.17, 15) is 8.42 Å². The fraction of sp³-hybridized carbons (Fsp3) is 0.120. The fourth-order valence-corrected chi connectivity index (χ4v) is 4.70. The maximum Gasteiger partial charge on any atom is 0.221 e. The standard InChI is InChI=1S/C25H25N5O4S/c1-33-22-11-4-17(12-18-14-29-25(28)30-24(18)27)13-23(22)34-15-16-2-7-20(8-3-16)35(31,32)21-9-5-19(26)6-10-21/h2-11,13-14H,12,15,26H2,1H3,(H4,27,28,29,30). The summed E-state index contributed by atoms with van der Waals surface area (Å²) in [4.78, 5) is 8.36. The van der Waals surface area contributed by atoms with Gasteiger partial charge in [-0.25, -0.2) is 13.4 Å². The van der Waals surface area contributed by atoms with Crippen LogP contribution in [-0.2, 0) is 22.9 Å². The normalized spacial score (nSPS) is 11.2. The Labute approximate surface area is 203 Å². The average molecular weight is 492 g/mol.